The molecule has 0 unspecified atom stereocenters. The van der Waals surface area contributed by atoms with Crippen molar-refractivity contribution in [2.24, 2.45) is 0 Å². The van der Waals surface area contributed by atoms with Crippen molar-refractivity contribution >= 4 is 62.9 Å². The molecule has 0 radical (unpaired) electrons. The van der Waals surface area contributed by atoms with Gasteiger partial charge in [0.05, 0.1) is 10.0 Å². The molecule has 2 N–H and O–H groups in total. The van der Waals surface area contributed by atoms with Crippen LogP contribution in [-0.4, -0.2) is 11.0 Å². The molecule has 0 aliphatic heterocycles. The van der Waals surface area contributed by atoms with Gasteiger partial charge in [-0.2, -0.15) is 0 Å². The Kier molecular flexibility index (Phi) is 5.00. The number of rotatable bonds is 2. The van der Waals surface area contributed by atoms with Gasteiger partial charge in [0.1, 0.15) is 0 Å². The van der Waals surface area contributed by atoms with Crippen LogP contribution in [0.5, 0.6) is 0 Å². The monoisotopic (exact) mass is 374 g/mol. The van der Waals surface area contributed by atoms with Crippen molar-refractivity contribution < 1.29 is 4.79 Å². The first kappa shape index (κ1) is 16.7. The zero-order valence-corrected chi connectivity index (χ0v) is 14.7. The van der Waals surface area contributed by atoms with E-state index in [9.17, 15) is 4.79 Å². The molecule has 3 aromatic carbocycles. The normalized spacial score (nSPS) is 10.4. The smallest absolute Gasteiger partial charge is 0.258 e. The summed E-state index contributed by atoms with van der Waals surface area (Å²) in [4.78, 5) is 12.5. The van der Waals surface area contributed by atoms with Crippen molar-refractivity contribution in [2.75, 3.05) is 5.32 Å². The average Bonchev–Trinajstić information content (AvgIpc) is 2.57. The minimum absolute atomic E-state index is 0.186. The third-order valence-corrected chi connectivity index (χ3v) is 4.38. The SMILES string of the molecule is O=C(NC(=S)Nc1ccc(Cl)c(Cl)c1)c1cccc2ccccc12. The summed E-state index contributed by atoms with van der Waals surface area (Å²) < 4.78 is 0. The molecular weight excluding hydrogens is 363 g/mol. The van der Waals surface area contributed by atoms with E-state index in [1.165, 1.54) is 0 Å². The molecule has 0 spiro atoms. The van der Waals surface area contributed by atoms with Gasteiger partial charge >= 0.3 is 0 Å². The molecule has 1 amide bonds. The number of anilines is 1. The van der Waals surface area contributed by atoms with Gasteiger partial charge in [0.25, 0.3) is 5.91 Å². The molecule has 6 heteroatoms. The lowest BCUT2D eigenvalue weighted by Crippen LogP contribution is -2.34. The zero-order chi connectivity index (χ0) is 17.1. The Labute approximate surface area is 154 Å². The Morgan fingerprint density at radius 3 is 2.46 bits per heavy atom. The van der Waals surface area contributed by atoms with E-state index in [2.05, 4.69) is 10.6 Å². The van der Waals surface area contributed by atoms with Gasteiger partial charge in [0.2, 0.25) is 0 Å². The number of carbonyl (C=O) groups is 1. The van der Waals surface area contributed by atoms with Crippen LogP contribution in [0.3, 0.4) is 0 Å². The second kappa shape index (κ2) is 7.18. The Morgan fingerprint density at radius 2 is 1.67 bits per heavy atom. The largest absolute Gasteiger partial charge is 0.332 e. The number of amides is 1. The predicted molar refractivity (Wildman–Crippen MR) is 104 cm³/mol. The molecule has 120 valence electrons. The standard InChI is InChI=1S/C18H12Cl2N2OS/c19-15-9-8-12(10-16(15)20)21-18(24)22-17(23)14-7-3-5-11-4-1-2-6-13(11)14/h1-10H,(H2,21,22,23,24). The molecule has 3 aromatic rings. The Balaban J connectivity index is 1.76. The first-order chi connectivity index (χ1) is 11.5. The fraction of sp³-hybridized carbons (Fsp3) is 0. The highest BCUT2D eigenvalue weighted by Gasteiger charge is 2.11. The van der Waals surface area contributed by atoms with Gasteiger partial charge in [0.15, 0.2) is 5.11 Å². The first-order valence-corrected chi connectivity index (χ1v) is 8.26. The van der Waals surface area contributed by atoms with E-state index in [0.29, 0.717) is 21.3 Å². The molecule has 3 nitrogen and oxygen atoms in total. The van der Waals surface area contributed by atoms with Crippen LogP contribution >= 0.6 is 35.4 Å². The van der Waals surface area contributed by atoms with Crippen LogP contribution in [0.25, 0.3) is 10.8 Å². The van der Waals surface area contributed by atoms with Crippen molar-refractivity contribution in [2.45, 2.75) is 0 Å². The molecule has 24 heavy (non-hydrogen) atoms. The molecule has 0 aliphatic carbocycles. The molecule has 0 bridgehead atoms. The highest BCUT2D eigenvalue weighted by atomic mass is 35.5. The molecule has 0 fully saturated rings. The number of halogens is 2. The molecule has 0 saturated carbocycles. The van der Waals surface area contributed by atoms with Crippen LogP contribution in [0.4, 0.5) is 5.69 Å². The summed E-state index contributed by atoms with van der Waals surface area (Å²) in [5.41, 5.74) is 1.21. The number of carbonyl (C=O) groups excluding carboxylic acids is 1. The molecule has 0 aliphatic rings. The van der Waals surface area contributed by atoms with Gasteiger partial charge in [-0.05, 0) is 47.3 Å². The number of fused-ring (bicyclic) bond motifs is 1. The Hall–Kier alpha value is -2.14. The van der Waals surface area contributed by atoms with Gasteiger partial charge in [-0.15, -0.1) is 0 Å². The zero-order valence-electron chi connectivity index (χ0n) is 12.3. The summed E-state index contributed by atoms with van der Waals surface area (Å²) in [6.45, 7) is 0. The van der Waals surface area contributed by atoms with Gasteiger partial charge in [0, 0.05) is 11.3 Å². The minimum atomic E-state index is -0.274. The maximum Gasteiger partial charge on any atom is 0.258 e. The second-order valence-electron chi connectivity index (χ2n) is 5.06. The fourth-order valence-electron chi connectivity index (χ4n) is 2.33. The summed E-state index contributed by atoms with van der Waals surface area (Å²) in [6, 6.07) is 18.3. The number of hydrogen-bond donors (Lipinski definition) is 2. The van der Waals surface area contributed by atoms with Crippen molar-refractivity contribution in [3.05, 3.63) is 76.3 Å². The lowest BCUT2D eigenvalue weighted by molar-refractivity contribution is 0.0979. The maximum absolute atomic E-state index is 12.5. The summed E-state index contributed by atoms with van der Waals surface area (Å²) in [6.07, 6.45) is 0. The number of thiocarbonyl (C=S) groups is 1. The summed E-state index contributed by atoms with van der Waals surface area (Å²) in [7, 11) is 0. The highest BCUT2D eigenvalue weighted by molar-refractivity contribution is 7.80. The summed E-state index contributed by atoms with van der Waals surface area (Å²) >= 11 is 17.0. The van der Waals surface area contributed by atoms with E-state index in [1.54, 1.807) is 24.3 Å². The molecule has 3 rings (SSSR count). The van der Waals surface area contributed by atoms with Gasteiger partial charge in [-0.1, -0.05) is 59.6 Å². The number of nitrogens with one attached hydrogen (secondary N) is 2. The topological polar surface area (TPSA) is 41.1 Å². The second-order valence-corrected chi connectivity index (χ2v) is 6.29. The molecule has 0 atom stereocenters. The first-order valence-electron chi connectivity index (χ1n) is 7.10. The molecule has 0 aromatic heterocycles. The van der Waals surface area contributed by atoms with E-state index in [-0.39, 0.29) is 11.0 Å². The van der Waals surface area contributed by atoms with Crippen molar-refractivity contribution in [1.82, 2.24) is 5.32 Å². The lowest BCUT2D eigenvalue weighted by atomic mass is 10.0. The molecule has 0 heterocycles. The molecule has 0 saturated heterocycles. The quantitative estimate of drug-likeness (QED) is 0.600. The van der Waals surface area contributed by atoms with Crippen LogP contribution < -0.4 is 10.6 Å². The van der Waals surface area contributed by atoms with E-state index in [4.69, 9.17) is 35.4 Å². The van der Waals surface area contributed by atoms with Crippen molar-refractivity contribution in [1.29, 1.82) is 0 Å². The van der Waals surface area contributed by atoms with Gasteiger partial charge < -0.3 is 5.32 Å². The third-order valence-electron chi connectivity index (χ3n) is 3.44. The van der Waals surface area contributed by atoms with Crippen LogP contribution in [0, 0.1) is 0 Å². The fourth-order valence-corrected chi connectivity index (χ4v) is 2.84. The van der Waals surface area contributed by atoms with Crippen molar-refractivity contribution in [3.8, 4) is 0 Å². The van der Waals surface area contributed by atoms with E-state index >= 15 is 0 Å². The number of hydrogen-bond acceptors (Lipinski definition) is 2. The van der Waals surface area contributed by atoms with Crippen LogP contribution in [0.15, 0.2) is 60.7 Å². The summed E-state index contributed by atoms with van der Waals surface area (Å²) in [5, 5.41) is 8.50. The minimum Gasteiger partial charge on any atom is -0.332 e. The average molecular weight is 375 g/mol. The predicted octanol–water partition coefficient (Wildman–Crippen LogP) is 5.27. The molecular formula is C18H12Cl2N2OS. The van der Waals surface area contributed by atoms with Crippen LogP contribution in [0.2, 0.25) is 10.0 Å². The van der Waals surface area contributed by atoms with E-state index < -0.39 is 0 Å². The van der Waals surface area contributed by atoms with Gasteiger partial charge in [-0.3, -0.25) is 10.1 Å². The van der Waals surface area contributed by atoms with E-state index in [0.717, 1.165) is 10.8 Å². The number of benzene rings is 3. The Morgan fingerprint density at radius 1 is 0.917 bits per heavy atom. The highest BCUT2D eigenvalue weighted by Crippen LogP contribution is 2.25. The van der Waals surface area contributed by atoms with Crippen LogP contribution in [-0.2, 0) is 0 Å². The van der Waals surface area contributed by atoms with Crippen molar-refractivity contribution in [3.63, 3.8) is 0 Å². The van der Waals surface area contributed by atoms with Gasteiger partial charge in [-0.25, -0.2) is 0 Å². The third kappa shape index (κ3) is 3.67. The Bertz CT molecular complexity index is 938. The van der Waals surface area contributed by atoms with Crippen LogP contribution in [0.1, 0.15) is 10.4 Å². The maximum atomic E-state index is 12.5. The van der Waals surface area contributed by atoms with E-state index in [1.807, 2.05) is 36.4 Å². The summed E-state index contributed by atoms with van der Waals surface area (Å²) in [5.74, 6) is -0.274. The lowest BCUT2D eigenvalue weighted by Gasteiger charge is -2.11.